The van der Waals surface area contributed by atoms with Gasteiger partial charge in [-0.1, -0.05) is 18.2 Å². The molecule has 1 aromatic carbocycles. The lowest BCUT2D eigenvalue weighted by molar-refractivity contribution is -0.135. The van der Waals surface area contributed by atoms with Crippen LogP contribution in [0.15, 0.2) is 42.1 Å². The van der Waals surface area contributed by atoms with E-state index in [1.807, 2.05) is 5.32 Å². The number of benzene rings is 1. The average molecular weight is 235 g/mol. The van der Waals surface area contributed by atoms with Gasteiger partial charge in [-0.15, -0.1) is 0 Å². The molecule has 17 heavy (non-hydrogen) atoms. The summed E-state index contributed by atoms with van der Waals surface area (Å²) in [6.45, 7) is 0. The van der Waals surface area contributed by atoms with E-state index in [4.69, 9.17) is 10.2 Å². The first-order valence-electron chi connectivity index (χ1n) is 4.55. The number of rotatable bonds is 4. The van der Waals surface area contributed by atoms with Crippen molar-refractivity contribution in [2.24, 2.45) is 0 Å². The van der Waals surface area contributed by atoms with Crippen LogP contribution in [0, 0.1) is 0 Å². The van der Waals surface area contributed by atoms with Gasteiger partial charge in [-0.3, -0.25) is 4.79 Å². The van der Waals surface area contributed by atoms with Crippen LogP contribution in [0.25, 0.3) is 0 Å². The third-order valence-corrected chi connectivity index (χ3v) is 1.78. The van der Waals surface area contributed by atoms with Crippen molar-refractivity contribution in [3.63, 3.8) is 0 Å². The molecule has 0 aliphatic rings. The number of carbonyl (C=O) groups excluding carboxylic acids is 1. The van der Waals surface area contributed by atoms with Crippen molar-refractivity contribution in [1.29, 1.82) is 0 Å². The van der Waals surface area contributed by atoms with Crippen molar-refractivity contribution >= 4 is 17.8 Å². The number of carboxylic acids is 2. The first kappa shape index (κ1) is 12.4. The fraction of sp³-hybridized carbons (Fsp3) is 0. The summed E-state index contributed by atoms with van der Waals surface area (Å²) in [6.07, 6.45) is 0.420. The van der Waals surface area contributed by atoms with Gasteiger partial charge in [0.2, 0.25) is 0 Å². The Morgan fingerprint density at radius 1 is 1.06 bits per heavy atom. The Bertz CT molecular complexity index is 478. The number of nitrogens with one attached hydrogen (secondary N) is 1. The fourth-order valence-electron chi connectivity index (χ4n) is 1.06. The summed E-state index contributed by atoms with van der Waals surface area (Å²) < 4.78 is 0. The van der Waals surface area contributed by atoms with Crippen LogP contribution in [0.1, 0.15) is 10.4 Å². The predicted molar refractivity (Wildman–Crippen MR) is 57.3 cm³/mol. The number of amides is 1. The van der Waals surface area contributed by atoms with Crippen molar-refractivity contribution < 1.29 is 24.6 Å². The van der Waals surface area contributed by atoms with Crippen LogP contribution in [0.2, 0.25) is 0 Å². The van der Waals surface area contributed by atoms with Crippen LogP contribution in [0.3, 0.4) is 0 Å². The molecule has 0 saturated heterocycles. The van der Waals surface area contributed by atoms with Crippen LogP contribution < -0.4 is 5.32 Å². The molecule has 0 aliphatic heterocycles. The SMILES string of the molecule is O=C(O)/C=C(/NC(=O)c1ccccc1)C(=O)O. The standard InChI is InChI=1S/C11H9NO5/c13-9(14)6-8(11(16)17)12-10(15)7-4-2-1-3-5-7/h1-6H,(H,12,15)(H,13,14)(H,16,17)/b8-6+. The fourth-order valence-corrected chi connectivity index (χ4v) is 1.06. The molecule has 3 N–H and O–H groups in total. The lowest BCUT2D eigenvalue weighted by atomic mass is 10.2. The predicted octanol–water partition coefficient (Wildman–Crippen LogP) is 0.470. The number of hydrogen-bond donors (Lipinski definition) is 3. The van der Waals surface area contributed by atoms with Gasteiger partial charge in [0, 0.05) is 5.56 Å². The summed E-state index contributed by atoms with van der Waals surface area (Å²) in [5, 5.41) is 19.1. The number of carbonyl (C=O) groups is 3. The van der Waals surface area contributed by atoms with Crippen LogP contribution >= 0.6 is 0 Å². The zero-order valence-corrected chi connectivity index (χ0v) is 8.58. The number of aliphatic carboxylic acids is 2. The largest absolute Gasteiger partial charge is 0.478 e. The summed E-state index contributed by atoms with van der Waals surface area (Å²) >= 11 is 0. The molecule has 0 saturated carbocycles. The van der Waals surface area contributed by atoms with Crippen LogP contribution in [0.5, 0.6) is 0 Å². The van der Waals surface area contributed by atoms with Crippen LogP contribution in [-0.4, -0.2) is 28.1 Å². The molecule has 1 aromatic rings. The quantitative estimate of drug-likeness (QED) is 0.658. The molecule has 0 aliphatic carbocycles. The Kier molecular flexibility index (Phi) is 3.99. The molecule has 0 atom stereocenters. The number of hydrogen-bond acceptors (Lipinski definition) is 3. The van der Waals surface area contributed by atoms with E-state index in [9.17, 15) is 14.4 Å². The molecule has 6 nitrogen and oxygen atoms in total. The van der Waals surface area contributed by atoms with Crippen LogP contribution in [-0.2, 0) is 9.59 Å². The van der Waals surface area contributed by atoms with E-state index < -0.39 is 23.5 Å². The molecule has 1 rings (SSSR count). The highest BCUT2D eigenvalue weighted by Gasteiger charge is 2.14. The zero-order chi connectivity index (χ0) is 12.8. The molecule has 88 valence electrons. The van der Waals surface area contributed by atoms with E-state index in [0.29, 0.717) is 6.08 Å². The summed E-state index contributed by atoms with van der Waals surface area (Å²) in [5.74, 6) is -3.65. The average Bonchev–Trinajstić information content (AvgIpc) is 2.28. The molecule has 0 aromatic heterocycles. The van der Waals surface area contributed by atoms with Crippen molar-refractivity contribution in [3.8, 4) is 0 Å². The molecular formula is C11H9NO5. The summed E-state index contributed by atoms with van der Waals surface area (Å²) in [5.41, 5.74) is -0.448. The Balaban J connectivity index is 2.86. The molecular weight excluding hydrogens is 226 g/mol. The molecule has 0 heterocycles. The second-order valence-electron chi connectivity index (χ2n) is 3.02. The second kappa shape index (κ2) is 5.45. The maximum Gasteiger partial charge on any atom is 0.352 e. The Morgan fingerprint density at radius 2 is 1.65 bits per heavy atom. The third kappa shape index (κ3) is 3.78. The smallest absolute Gasteiger partial charge is 0.352 e. The van der Waals surface area contributed by atoms with E-state index in [0.717, 1.165) is 0 Å². The van der Waals surface area contributed by atoms with Gasteiger partial charge in [0.05, 0.1) is 6.08 Å². The van der Waals surface area contributed by atoms with Gasteiger partial charge >= 0.3 is 11.9 Å². The molecule has 1 amide bonds. The van der Waals surface area contributed by atoms with Gasteiger partial charge in [-0.25, -0.2) is 9.59 Å². The highest BCUT2D eigenvalue weighted by atomic mass is 16.4. The minimum absolute atomic E-state index is 0.241. The molecule has 0 spiro atoms. The van der Waals surface area contributed by atoms with Crippen molar-refractivity contribution in [1.82, 2.24) is 5.32 Å². The van der Waals surface area contributed by atoms with Gasteiger partial charge in [0.25, 0.3) is 5.91 Å². The van der Waals surface area contributed by atoms with E-state index >= 15 is 0 Å². The second-order valence-corrected chi connectivity index (χ2v) is 3.02. The van der Waals surface area contributed by atoms with E-state index in [1.165, 1.54) is 12.1 Å². The van der Waals surface area contributed by atoms with Gasteiger partial charge in [0.15, 0.2) is 0 Å². The monoisotopic (exact) mass is 235 g/mol. The van der Waals surface area contributed by atoms with Gasteiger partial charge in [-0.05, 0) is 12.1 Å². The Labute approximate surface area is 96.2 Å². The molecule has 0 fully saturated rings. The molecule has 6 heteroatoms. The molecule has 0 radical (unpaired) electrons. The summed E-state index contributed by atoms with van der Waals surface area (Å²) in [6, 6.07) is 7.87. The zero-order valence-electron chi connectivity index (χ0n) is 8.58. The summed E-state index contributed by atoms with van der Waals surface area (Å²) in [4.78, 5) is 32.5. The van der Waals surface area contributed by atoms with Gasteiger partial charge in [0.1, 0.15) is 5.70 Å². The Hall–Kier alpha value is -2.63. The first-order valence-corrected chi connectivity index (χ1v) is 4.55. The minimum Gasteiger partial charge on any atom is -0.478 e. The van der Waals surface area contributed by atoms with Gasteiger partial charge in [-0.2, -0.15) is 0 Å². The maximum absolute atomic E-state index is 11.5. The third-order valence-electron chi connectivity index (χ3n) is 1.78. The number of carboxylic acid groups (broad SMARTS) is 2. The highest BCUT2D eigenvalue weighted by molar-refractivity contribution is 6.02. The van der Waals surface area contributed by atoms with Gasteiger partial charge < -0.3 is 15.5 Å². The lowest BCUT2D eigenvalue weighted by Gasteiger charge is -2.04. The normalized spacial score (nSPS) is 10.7. The van der Waals surface area contributed by atoms with Crippen molar-refractivity contribution in [2.75, 3.05) is 0 Å². The van der Waals surface area contributed by atoms with E-state index in [1.54, 1.807) is 18.2 Å². The topological polar surface area (TPSA) is 104 Å². The minimum atomic E-state index is -1.52. The first-order chi connectivity index (χ1) is 8.00. The highest BCUT2D eigenvalue weighted by Crippen LogP contribution is 2.00. The maximum atomic E-state index is 11.5. The van der Waals surface area contributed by atoms with E-state index in [-0.39, 0.29) is 5.56 Å². The molecule has 0 bridgehead atoms. The molecule has 0 unspecified atom stereocenters. The Morgan fingerprint density at radius 3 is 2.12 bits per heavy atom. The van der Waals surface area contributed by atoms with Crippen molar-refractivity contribution in [3.05, 3.63) is 47.7 Å². The van der Waals surface area contributed by atoms with Crippen LogP contribution in [0.4, 0.5) is 0 Å². The lowest BCUT2D eigenvalue weighted by Crippen LogP contribution is -2.28. The van der Waals surface area contributed by atoms with E-state index in [2.05, 4.69) is 0 Å². The summed E-state index contributed by atoms with van der Waals surface area (Å²) in [7, 11) is 0. The van der Waals surface area contributed by atoms with Crippen molar-refractivity contribution in [2.45, 2.75) is 0 Å².